The molecule has 178 valence electrons. The van der Waals surface area contributed by atoms with Gasteiger partial charge in [-0.15, -0.1) is 0 Å². The van der Waals surface area contributed by atoms with Crippen molar-refractivity contribution >= 4 is 23.5 Å². The summed E-state index contributed by atoms with van der Waals surface area (Å²) in [6, 6.07) is 12.6. The quantitative estimate of drug-likeness (QED) is 0.554. The second-order valence-electron chi connectivity index (χ2n) is 8.94. The lowest BCUT2D eigenvalue weighted by Crippen LogP contribution is -2.42. The maximum absolute atomic E-state index is 12.5. The molecule has 2 aromatic carbocycles. The Labute approximate surface area is 197 Å². The summed E-state index contributed by atoms with van der Waals surface area (Å²) in [5.74, 6) is 0.773. The van der Waals surface area contributed by atoms with E-state index >= 15 is 0 Å². The molecule has 3 aliphatic rings. The minimum Gasteiger partial charge on any atom is -0.486 e. The number of carbonyl (C=O) groups is 3. The van der Waals surface area contributed by atoms with Crippen LogP contribution in [0.4, 0.5) is 10.5 Å². The first-order valence-corrected chi connectivity index (χ1v) is 11.7. The summed E-state index contributed by atoms with van der Waals surface area (Å²) in [5, 5.41) is 8.04. The van der Waals surface area contributed by atoms with Gasteiger partial charge in [-0.05, 0) is 55.5 Å². The maximum atomic E-state index is 12.5. The number of anilines is 1. The van der Waals surface area contributed by atoms with E-state index in [1.165, 1.54) is 0 Å². The van der Waals surface area contributed by atoms with Gasteiger partial charge < -0.3 is 20.1 Å². The van der Waals surface area contributed by atoms with E-state index in [-0.39, 0.29) is 18.4 Å². The SMILES string of the molecule is O=C(CN(Cc1ccc(C(=O)NC2CC2)cc1)C1CC1)NC(=O)Nc1ccc2c(c1)OCCO2. The maximum Gasteiger partial charge on any atom is 0.325 e. The zero-order valence-electron chi connectivity index (χ0n) is 18.8. The summed E-state index contributed by atoms with van der Waals surface area (Å²) < 4.78 is 11.0. The Hall–Kier alpha value is -3.59. The van der Waals surface area contributed by atoms with E-state index < -0.39 is 6.03 Å². The number of fused-ring (bicyclic) bond motifs is 1. The number of hydrogen-bond donors (Lipinski definition) is 3. The molecular formula is C25H28N4O5. The van der Waals surface area contributed by atoms with Crippen molar-refractivity contribution in [3.63, 3.8) is 0 Å². The van der Waals surface area contributed by atoms with Crippen LogP contribution in [0, 0.1) is 0 Å². The molecule has 1 aliphatic heterocycles. The molecule has 0 spiro atoms. The number of urea groups is 1. The fourth-order valence-corrected chi connectivity index (χ4v) is 3.88. The lowest BCUT2D eigenvalue weighted by Gasteiger charge is -2.21. The van der Waals surface area contributed by atoms with Gasteiger partial charge in [0, 0.05) is 35.9 Å². The third-order valence-corrected chi connectivity index (χ3v) is 5.98. The Kier molecular flexibility index (Phi) is 6.35. The van der Waals surface area contributed by atoms with Crippen LogP contribution in [0.25, 0.3) is 0 Å². The molecule has 0 radical (unpaired) electrons. The van der Waals surface area contributed by atoms with Gasteiger partial charge in [-0.1, -0.05) is 12.1 Å². The number of rotatable bonds is 8. The second-order valence-corrected chi connectivity index (χ2v) is 8.94. The summed E-state index contributed by atoms with van der Waals surface area (Å²) in [4.78, 5) is 39.1. The van der Waals surface area contributed by atoms with Crippen LogP contribution in [-0.4, -0.2) is 54.6 Å². The molecular weight excluding hydrogens is 436 g/mol. The molecule has 0 unspecified atom stereocenters. The highest BCUT2D eigenvalue weighted by atomic mass is 16.6. The Morgan fingerprint density at radius 2 is 1.65 bits per heavy atom. The third-order valence-electron chi connectivity index (χ3n) is 5.98. The predicted molar refractivity (Wildman–Crippen MR) is 125 cm³/mol. The highest BCUT2D eigenvalue weighted by Gasteiger charge is 2.31. The number of ether oxygens (including phenoxy) is 2. The fraction of sp³-hybridized carbons (Fsp3) is 0.400. The van der Waals surface area contributed by atoms with Crippen LogP contribution in [-0.2, 0) is 11.3 Å². The summed E-state index contributed by atoms with van der Waals surface area (Å²) in [6.45, 7) is 1.64. The van der Waals surface area contributed by atoms with E-state index in [2.05, 4.69) is 20.9 Å². The summed E-state index contributed by atoms with van der Waals surface area (Å²) in [6.07, 6.45) is 4.16. The van der Waals surface area contributed by atoms with Crippen LogP contribution < -0.4 is 25.4 Å². The molecule has 5 rings (SSSR count). The Morgan fingerprint density at radius 1 is 0.912 bits per heavy atom. The molecule has 3 N–H and O–H groups in total. The molecule has 2 aromatic rings. The zero-order valence-corrected chi connectivity index (χ0v) is 18.8. The number of benzene rings is 2. The first kappa shape index (κ1) is 22.2. The van der Waals surface area contributed by atoms with Gasteiger partial charge in [0.1, 0.15) is 13.2 Å². The lowest BCUT2D eigenvalue weighted by molar-refractivity contribution is -0.121. The molecule has 9 nitrogen and oxygen atoms in total. The van der Waals surface area contributed by atoms with Crippen molar-refractivity contribution in [1.29, 1.82) is 0 Å². The van der Waals surface area contributed by atoms with Gasteiger partial charge in [-0.2, -0.15) is 0 Å². The van der Waals surface area contributed by atoms with Crippen LogP contribution in [0.2, 0.25) is 0 Å². The molecule has 2 aliphatic carbocycles. The highest BCUT2D eigenvalue weighted by Crippen LogP contribution is 2.32. The number of amides is 4. The van der Waals surface area contributed by atoms with Crippen LogP contribution in [0.1, 0.15) is 41.6 Å². The predicted octanol–water partition coefficient (Wildman–Crippen LogP) is 2.66. The fourth-order valence-electron chi connectivity index (χ4n) is 3.88. The minimum atomic E-state index is -0.594. The Balaban J connectivity index is 1.12. The van der Waals surface area contributed by atoms with Crippen molar-refractivity contribution in [2.75, 3.05) is 25.1 Å². The van der Waals surface area contributed by atoms with Crippen molar-refractivity contribution in [2.45, 2.75) is 44.3 Å². The Bertz CT molecular complexity index is 1080. The lowest BCUT2D eigenvalue weighted by atomic mass is 10.1. The molecule has 2 fully saturated rings. The Morgan fingerprint density at radius 3 is 2.35 bits per heavy atom. The summed E-state index contributed by atoms with van der Waals surface area (Å²) in [7, 11) is 0. The van der Waals surface area contributed by atoms with Crippen molar-refractivity contribution < 1.29 is 23.9 Å². The average Bonchev–Trinajstić information content (AvgIpc) is 3.74. The minimum absolute atomic E-state index is 0.0449. The van der Waals surface area contributed by atoms with Crippen molar-refractivity contribution in [2.24, 2.45) is 0 Å². The highest BCUT2D eigenvalue weighted by molar-refractivity contribution is 6.02. The van der Waals surface area contributed by atoms with Gasteiger partial charge in [0.2, 0.25) is 5.91 Å². The number of nitrogens with zero attached hydrogens (tertiary/aromatic N) is 1. The number of carbonyl (C=O) groups excluding carboxylic acids is 3. The first-order valence-electron chi connectivity index (χ1n) is 11.7. The van der Waals surface area contributed by atoms with Gasteiger partial charge in [0.15, 0.2) is 11.5 Å². The number of hydrogen-bond acceptors (Lipinski definition) is 6. The molecule has 34 heavy (non-hydrogen) atoms. The van der Waals surface area contributed by atoms with E-state index in [4.69, 9.17) is 9.47 Å². The van der Waals surface area contributed by atoms with Crippen LogP contribution in [0.3, 0.4) is 0 Å². The molecule has 0 aromatic heterocycles. The van der Waals surface area contributed by atoms with Crippen molar-refractivity contribution in [3.8, 4) is 11.5 Å². The molecule has 0 bridgehead atoms. The third kappa shape index (κ3) is 5.85. The average molecular weight is 465 g/mol. The first-order chi connectivity index (χ1) is 16.5. The van der Waals surface area contributed by atoms with Crippen molar-refractivity contribution in [3.05, 3.63) is 53.6 Å². The van der Waals surface area contributed by atoms with E-state index in [1.807, 2.05) is 24.3 Å². The van der Waals surface area contributed by atoms with Crippen molar-refractivity contribution in [1.82, 2.24) is 15.5 Å². The van der Waals surface area contributed by atoms with E-state index in [0.717, 1.165) is 31.2 Å². The standard InChI is InChI=1S/C25H28N4O5/c30-23(28-25(32)27-19-7-10-21-22(13-19)34-12-11-33-21)15-29(20-8-9-20)14-16-1-3-17(4-2-16)24(31)26-18-5-6-18/h1-4,7,10,13,18,20H,5-6,8-9,11-12,14-15H2,(H,26,31)(H2,27,28,30,32). The van der Waals surface area contributed by atoms with Gasteiger partial charge >= 0.3 is 6.03 Å². The molecule has 9 heteroatoms. The molecule has 1 heterocycles. The number of nitrogens with one attached hydrogen (secondary N) is 3. The largest absolute Gasteiger partial charge is 0.486 e. The number of imide groups is 1. The van der Waals surface area contributed by atoms with Gasteiger partial charge in [-0.3, -0.25) is 19.8 Å². The topological polar surface area (TPSA) is 109 Å². The molecule has 0 atom stereocenters. The molecule has 4 amide bonds. The summed E-state index contributed by atoms with van der Waals surface area (Å²) in [5.41, 5.74) is 2.17. The van der Waals surface area contributed by atoms with E-state index in [0.29, 0.717) is 54.6 Å². The monoisotopic (exact) mass is 464 g/mol. The van der Waals surface area contributed by atoms with Crippen LogP contribution in [0.5, 0.6) is 11.5 Å². The molecule has 2 saturated carbocycles. The van der Waals surface area contributed by atoms with Gasteiger partial charge in [0.25, 0.3) is 5.91 Å². The molecule has 0 saturated heterocycles. The van der Waals surface area contributed by atoms with Gasteiger partial charge in [-0.25, -0.2) is 4.79 Å². The van der Waals surface area contributed by atoms with Gasteiger partial charge in [0.05, 0.1) is 6.54 Å². The smallest absolute Gasteiger partial charge is 0.325 e. The van der Waals surface area contributed by atoms with Crippen LogP contribution >= 0.6 is 0 Å². The van der Waals surface area contributed by atoms with E-state index in [9.17, 15) is 14.4 Å². The second kappa shape index (κ2) is 9.72. The summed E-state index contributed by atoms with van der Waals surface area (Å²) >= 11 is 0. The van der Waals surface area contributed by atoms with Crippen LogP contribution in [0.15, 0.2) is 42.5 Å². The zero-order chi connectivity index (χ0) is 23.5. The normalized spacial score (nSPS) is 16.6. The van der Waals surface area contributed by atoms with E-state index in [1.54, 1.807) is 18.2 Å².